The van der Waals surface area contributed by atoms with E-state index in [-0.39, 0.29) is 30.8 Å². The van der Waals surface area contributed by atoms with Crippen LogP contribution >= 0.6 is 11.6 Å². The van der Waals surface area contributed by atoms with Gasteiger partial charge in [-0.05, 0) is 61.3 Å². The lowest BCUT2D eigenvalue weighted by Crippen LogP contribution is -2.55. The van der Waals surface area contributed by atoms with E-state index in [2.05, 4.69) is 29.1 Å². The molecule has 8 nitrogen and oxygen atoms in total. The minimum Gasteiger partial charge on any atom is -0.453 e. The first kappa shape index (κ1) is 29.3. The Hall–Kier alpha value is -2.65. The molecule has 1 aliphatic heterocycles. The van der Waals surface area contributed by atoms with E-state index in [4.69, 9.17) is 22.1 Å². The van der Waals surface area contributed by atoms with Crippen LogP contribution in [0.5, 0.6) is 0 Å². The van der Waals surface area contributed by atoms with Gasteiger partial charge in [-0.15, -0.1) is 0 Å². The largest absolute Gasteiger partial charge is 0.453 e. The summed E-state index contributed by atoms with van der Waals surface area (Å²) < 4.78 is 10.9. The van der Waals surface area contributed by atoms with Crippen LogP contribution in [0.2, 0.25) is 5.02 Å². The maximum atomic E-state index is 13.4. The normalized spacial score (nSPS) is 22.8. The number of nitrogens with zero attached hydrogens (tertiary/aromatic N) is 1. The van der Waals surface area contributed by atoms with Gasteiger partial charge in [0.1, 0.15) is 11.7 Å². The molecule has 4 atom stereocenters. The molecule has 1 saturated carbocycles. The number of hydrogen-bond acceptors (Lipinski definition) is 6. The van der Waals surface area contributed by atoms with Gasteiger partial charge in [0.05, 0.1) is 20.3 Å². The Bertz CT molecular complexity index is 1160. The summed E-state index contributed by atoms with van der Waals surface area (Å²) >= 11 is 6.80. The Morgan fingerprint density at radius 1 is 1.26 bits per heavy atom. The monoisotopic (exact) mass is 557 g/mol. The number of ether oxygens (including phenoxy) is 2. The molecule has 2 aromatic rings. The molecular weight excluding hydrogens is 518 g/mol. The number of amides is 2. The second kappa shape index (κ2) is 13.1. The van der Waals surface area contributed by atoms with Crippen molar-refractivity contribution >= 4 is 23.6 Å². The number of rotatable bonds is 9. The van der Waals surface area contributed by atoms with Gasteiger partial charge in [-0.2, -0.15) is 0 Å². The maximum absolute atomic E-state index is 13.4. The van der Waals surface area contributed by atoms with Crippen LogP contribution < -0.4 is 11.1 Å². The molecule has 212 valence electrons. The van der Waals surface area contributed by atoms with Crippen molar-refractivity contribution in [2.24, 2.45) is 11.7 Å². The molecule has 1 saturated heterocycles. The van der Waals surface area contributed by atoms with E-state index in [1.165, 1.54) is 7.11 Å². The molecule has 2 amide bonds. The van der Waals surface area contributed by atoms with Gasteiger partial charge in [0.15, 0.2) is 0 Å². The number of halogens is 1. The van der Waals surface area contributed by atoms with E-state index in [1.807, 2.05) is 35.2 Å². The van der Waals surface area contributed by atoms with Crippen molar-refractivity contribution in [1.29, 1.82) is 0 Å². The lowest BCUT2D eigenvalue weighted by atomic mass is 9.79. The molecule has 9 heteroatoms. The molecule has 0 bridgehead atoms. The zero-order valence-electron chi connectivity index (χ0n) is 22.8. The number of aryl methyl sites for hydroxylation is 1. The number of carbonyl (C=O) groups is 2. The van der Waals surface area contributed by atoms with Crippen molar-refractivity contribution in [3.8, 4) is 11.1 Å². The zero-order valence-corrected chi connectivity index (χ0v) is 23.6. The first-order chi connectivity index (χ1) is 18.8. The van der Waals surface area contributed by atoms with Crippen LogP contribution in [-0.4, -0.2) is 67.5 Å². The quantitative estimate of drug-likeness (QED) is 0.397. The molecule has 2 aromatic carbocycles. The predicted molar refractivity (Wildman–Crippen MR) is 151 cm³/mol. The van der Waals surface area contributed by atoms with Crippen LogP contribution in [0.4, 0.5) is 4.79 Å². The fourth-order valence-corrected chi connectivity index (χ4v) is 6.14. The van der Waals surface area contributed by atoms with E-state index in [0.717, 1.165) is 36.0 Å². The molecule has 0 radical (unpaired) electrons. The Kier molecular flexibility index (Phi) is 9.88. The van der Waals surface area contributed by atoms with Crippen LogP contribution in [-0.2, 0) is 26.3 Å². The number of nitrogens with one attached hydrogen (secondary N) is 1. The van der Waals surface area contributed by atoms with Crippen molar-refractivity contribution in [1.82, 2.24) is 10.2 Å². The number of carbonyl (C=O) groups excluding carboxylic acids is 2. The number of benzene rings is 2. The maximum Gasteiger partial charge on any atom is 0.406 e. The first-order valence-corrected chi connectivity index (χ1v) is 14.2. The first-order valence-electron chi connectivity index (χ1n) is 13.8. The number of nitrogens with two attached hydrogens (primary N) is 1. The Labute approximate surface area is 235 Å². The van der Waals surface area contributed by atoms with E-state index >= 15 is 0 Å². The van der Waals surface area contributed by atoms with Crippen LogP contribution in [0.3, 0.4) is 0 Å². The third-order valence-corrected chi connectivity index (χ3v) is 8.34. The molecule has 0 spiro atoms. The predicted octanol–water partition coefficient (Wildman–Crippen LogP) is 4.25. The van der Waals surface area contributed by atoms with E-state index < -0.39 is 17.8 Å². The zero-order chi connectivity index (χ0) is 28.0. The SMILES string of the molecule is CCc1cccc(-c2c(Cl)cccc2C(O)(CCCNC(=O)OC)[C@H]2CN(C(=O)[C@@H]3CC[C@H](N)C3)CCO2)c1. The van der Waals surface area contributed by atoms with Crippen LogP contribution in [0.1, 0.15) is 50.2 Å². The Morgan fingerprint density at radius 2 is 2.05 bits per heavy atom. The van der Waals surface area contributed by atoms with Crippen LogP contribution in [0.25, 0.3) is 11.1 Å². The molecule has 0 aromatic heterocycles. The van der Waals surface area contributed by atoms with Crippen molar-refractivity contribution in [2.75, 3.05) is 33.4 Å². The summed E-state index contributed by atoms with van der Waals surface area (Å²) in [4.78, 5) is 26.8. The van der Waals surface area contributed by atoms with Gasteiger partial charge in [0.25, 0.3) is 0 Å². The number of morpholine rings is 1. The summed E-state index contributed by atoms with van der Waals surface area (Å²) in [6.07, 6.45) is 2.72. The van der Waals surface area contributed by atoms with Crippen LogP contribution in [0.15, 0.2) is 42.5 Å². The molecule has 2 fully saturated rings. The fourth-order valence-electron chi connectivity index (χ4n) is 5.85. The second-order valence-corrected chi connectivity index (χ2v) is 11.0. The average Bonchev–Trinajstić information content (AvgIpc) is 3.40. The standard InChI is InChI=1S/C30H40ClN3O5/c1-3-20-7-4-8-21(17-20)27-24(9-5-10-25(27)31)30(37,13-6-14-33-29(36)38-2)26-19-34(15-16-39-26)28(35)22-11-12-23(32)18-22/h4-5,7-10,17,22-23,26,37H,3,6,11-16,18-19,32H2,1-2H3,(H,33,36)/t22-,23+,26-,30?/m1/s1. The molecule has 4 rings (SSSR count). The highest BCUT2D eigenvalue weighted by Crippen LogP contribution is 2.43. The number of alkyl carbamates (subject to hydrolysis) is 1. The van der Waals surface area contributed by atoms with Gasteiger partial charge in [0, 0.05) is 35.6 Å². The van der Waals surface area contributed by atoms with Crippen molar-refractivity contribution in [2.45, 2.75) is 63.2 Å². The third-order valence-electron chi connectivity index (χ3n) is 8.03. The van der Waals surface area contributed by atoms with Gasteiger partial charge in [-0.25, -0.2) is 4.79 Å². The van der Waals surface area contributed by atoms with Crippen LogP contribution in [0, 0.1) is 5.92 Å². The average molecular weight is 558 g/mol. The van der Waals surface area contributed by atoms with E-state index in [9.17, 15) is 14.7 Å². The highest BCUT2D eigenvalue weighted by atomic mass is 35.5. The smallest absolute Gasteiger partial charge is 0.406 e. The van der Waals surface area contributed by atoms with Gasteiger partial charge >= 0.3 is 6.09 Å². The number of aliphatic hydroxyl groups is 1. The summed E-state index contributed by atoms with van der Waals surface area (Å²) in [6.45, 7) is 3.45. The third kappa shape index (κ3) is 6.74. The topological polar surface area (TPSA) is 114 Å². The summed E-state index contributed by atoms with van der Waals surface area (Å²) in [5.74, 6) is -0.0115. The molecule has 1 aliphatic carbocycles. The van der Waals surface area contributed by atoms with Gasteiger partial charge in [-0.3, -0.25) is 4.79 Å². The fraction of sp³-hybridized carbons (Fsp3) is 0.533. The second-order valence-electron chi connectivity index (χ2n) is 10.6. The van der Waals surface area contributed by atoms with Crippen molar-refractivity contribution in [3.05, 3.63) is 58.6 Å². The molecule has 2 aliphatic rings. The summed E-state index contributed by atoms with van der Waals surface area (Å²) in [5.41, 5.74) is 8.05. The highest BCUT2D eigenvalue weighted by Gasteiger charge is 2.45. The lowest BCUT2D eigenvalue weighted by molar-refractivity contribution is -0.167. The van der Waals surface area contributed by atoms with E-state index in [1.54, 1.807) is 0 Å². The van der Waals surface area contributed by atoms with Gasteiger partial charge < -0.3 is 30.5 Å². The molecule has 1 heterocycles. The summed E-state index contributed by atoms with van der Waals surface area (Å²) in [7, 11) is 1.31. The van der Waals surface area contributed by atoms with Crippen molar-refractivity contribution in [3.63, 3.8) is 0 Å². The molecule has 39 heavy (non-hydrogen) atoms. The van der Waals surface area contributed by atoms with E-state index in [0.29, 0.717) is 43.1 Å². The van der Waals surface area contributed by atoms with Crippen molar-refractivity contribution < 1.29 is 24.2 Å². The van der Waals surface area contributed by atoms with Gasteiger partial charge in [-0.1, -0.05) is 54.9 Å². The lowest BCUT2D eigenvalue weighted by Gasteiger charge is -2.44. The minimum absolute atomic E-state index is 0.0583. The highest BCUT2D eigenvalue weighted by molar-refractivity contribution is 6.33. The Morgan fingerprint density at radius 3 is 2.77 bits per heavy atom. The molecule has 1 unspecified atom stereocenters. The summed E-state index contributed by atoms with van der Waals surface area (Å²) in [5, 5.41) is 15.8. The summed E-state index contributed by atoms with van der Waals surface area (Å²) in [6, 6.07) is 13.7. The molecular formula is C30H40ClN3O5. The number of methoxy groups -OCH3 is 1. The Balaban J connectivity index is 1.69. The minimum atomic E-state index is -1.48. The van der Waals surface area contributed by atoms with Gasteiger partial charge in [0.2, 0.25) is 5.91 Å². The number of hydrogen-bond donors (Lipinski definition) is 3. The molecule has 4 N–H and O–H groups in total.